The Morgan fingerprint density at radius 3 is 2.69 bits per heavy atom. The van der Waals surface area contributed by atoms with Crippen molar-refractivity contribution >= 4 is 33.6 Å². The van der Waals surface area contributed by atoms with Gasteiger partial charge < -0.3 is 4.90 Å². The largest absolute Gasteiger partial charge is 0.342 e. The third-order valence-electron chi connectivity index (χ3n) is 4.65. The van der Waals surface area contributed by atoms with Crippen molar-refractivity contribution in [3.05, 3.63) is 58.7 Å². The van der Waals surface area contributed by atoms with Gasteiger partial charge in [-0.05, 0) is 47.0 Å². The monoisotopic (exact) mass is 415 g/mol. The van der Waals surface area contributed by atoms with E-state index in [4.69, 9.17) is 0 Å². The van der Waals surface area contributed by atoms with E-state index in [1.807, 2.05) is 37.3 Å². The minimum Gasteiger partial charge on any atom is -0.342 e. The molecule has 136 valence electrons. The topological polar surface area (TPSA) is 53.5 Å². The molecule has 3 rings (SSSR count). The summed E-state index contributed by atoms with van der Waals surface area (Å²) in [5, 5.41) is 0. The first-order valence-electron chi connectivity index (χ1n) is 8.83. The van der Waals surface area contributed by atoms with Crippen molar-refractivity contribution in [2.75, 3.05) is 24.5 Å². The molecular formula is C20H22BrN3O2. The number of hydrogen-bond donors (Lipinski definition) is 0. The predicted molar refractivity (Wildman–Crippen MR) is 105 cm³/mol. The molecule has 0 spiro atoms. The van der Waals surface area contributed by atoms with Crippen LogP contribution < -0.4 is 4.90 Å². The van der Waals surface area contributed by atoms with Gasteiger partial charge in [-0.1, -0.05) is 30.3 Å². The summed E-state index contributed by atoms with van der Waals surface area (Å²) in [5.41, 5.74) is 1.20. The summed E-state index contributed by atoms with van der Waals surface area (Å²) in [7, 11) is 0. The number of aromatic nitrogens is 1. The maximum absolute atomic E-state index is 12.9. The Balaban J connectivity index is 1.63. The van der Waals surface area contributed by atoms with Crippen LogP contribution in [-0.2, 0) is 16.0 Å². The highest BCUT2D eigenvalue weighted by molar-refractivity contribution is 9.10. The Morgan fingerprint density at radius 1 is 1.27 bits per heavy atom. The fourth-order valence-corrected chi connectivity index (χ4v) is 3.48. The molecule has 0 saturated carbocycles. The fraction of sp³-hybridized carbons (Fsp3) is 0.350. The van der Waals surface area contributed by atoms with Crippen LogP contribution in [-0.4, -0.2) is 41.3 Å². The number of amides is 2. The first-order valence-corrected chi connectivity index (χ1v) is 9.62. The van der Waals surface area contributed by atoms with Gasteiger partial charge in [0.05, 0.1) is 5.92 Å². The molecule has 1 atom stereocenters. The normalized spacial score (nSPS) is 16.8. The molecule has 0 bridgehead atoms. The van der Waals surface area contributed by atoms with Crippen molar-refractivity contribution in [3.63, 3.8) is 0 Å². The van der Waals surface area contributed by atoms with E-state index in [9.17, 15) is 9.59 Å². The van der Waals surface area contributed by atoms with Gasteiger partial charge in [0, 0.05) is 36.7 Å². The van der Waals surface area contributed by atoms with Crippen molar-refractivity contribution in [3.8, 4) is 0 Å². The predicted octanol–water partition coefficient (Wildman–Crippen LogP) is 3.29. The highest BCUT2D eigenvalue weighted by atomic mass is 79.9. The van der Waals surface area contributed by atoms with Gasteiger partial charge in [0.15, 0.2) is 0 Å². The molecule has 0 aliphatic carbocycles. The molecule has 1 fully saturated rings. The van der Waals surface area contributed by atoms with Gasteiger partial charge in [0.1, 0.15) is 5.82 Å². The van der Waals surface area contributed by atoms with E-state index in [0.717, 1.165) is 10.9 Å². The molecule has 2 amide bonds. The molecular weight excluding hydrogens is 394 g/mol. The number of pyridine rings is 1. The van der Waals surface area contributed by atoms with Gasteiger partial charge in [-0.15, -0.1) is 0 Å². The Morgan fingerprint density at radius 2 is 2.04 bits per heavy atom. The molecule has 1 aliphatic rings. The van der Waals surface area contributed by atoms with Crippen LogP contribution >= 0.6 is 15.9 Å². The van der Waals surface area contributed by atoms with Crippen molar-refractivity contribution in [2.24, 2.45) is 5.92 Å². The third-order valence-corrected chi connectivity index (χ3v) is 5.12. The SMILES string of the molecule is CCN(C(=O)C1CC(=O)N(CCc2ccccc2)C1)c1ccc(Br)cn1. The second-order valence-electron chi connectivity index (χ2n) is 6.39. The second-order valence-corrected chi connectivity index (χ2v) is 7.31. The van der Waals surface area contributed by atoms with E-state index in [1.54, 1.807) is 16.0 Å². The van der Waals surface area contributed by atoms with Gasteiger partial charge in [0.25, 0.3) is 0 Å². The van der Waals surface area contributed by atoms with Gasteiger partial charge in [-0.25, -0.2) is 4.98 Å². The minimum absolute atomic E-state index is 0.0297. The lowest BCUT2D eigenvalue weighted by atomic mass is 10.1. The first kappa shape index (κ1) is 18.6. The molecule has 6 heteroatoms. The average molecular weight is 416 g/mol. The van der Waals surface area contributed by atoms with Crippen molar-refractivity contribution < 1.29 is 9.59 Å². The lowest BCUT2D eigenvalue weighted by Gasteiger charge is -2.23. The first-order chi connectivity index (χ1) is 12.6. The molecule has 1 aromatic heterocycles. The lowest BCUT2D eigenvalue weighted by molar-refractivity contribution is -0.128. The summed E-state index contributed by atoms with van der Waals surface area (Å²) in [4.78, 5) is 33.0. The Labute approximate surface area is 162 Å². The lowest BCUT2D eigenvalue weighted by Crippen LogP contribution is -2.38. The zero-order chi connectivity index (χ0) is 18.5. The standard InChI is InChI=1S/C20H22BrN3O2/c1-2-24(18-9-8-17(21)13-22-18)20(26)16-12-19(25)23(14-16)11-10-15-6-4-3-5-7-15/h3-9,13,16H,2,10-12,14H2,1H3. The maximum Gasteiger partial charge on any atom is 0.233 e. The van der Waals surface area contributed by atoms with Crippen LogP contribution in [0.15, 0.2) is 53.1 Å². The molecule has 5 nitrogen and oxygen atoms in total. The van der Waals surface area contributed by atoms with Crippen LogP contribution in [0.4, 0.5) is 5.82 Å². The average Bonchev–Trinajstić information content (AvgIpc) is 3.04. The van der Waals surface area contributed by atoms with E-state index in [1.165, 1.54) is 5.56 Å². The van der Waals surface area contributed by atoms with Crippen molar-refractivity contribution in [1.29, 1.82) is 0 Å². The highest BCUT2D eigenvalue weighted by Crippen LogP contribution is 2.23. The van der Waals surface area contributed by atoms with Crippen molar-refractivity contribution in [2.45, 2.75) is 19.8 Å². The minimum atomic E-state index is -0.302. The van der Waals surface area contributed by atoms with Gasteiger partial charge in [-0.3, -0.25) is 14.5 Å². The van der Waals surface area contributed by atoms with E-state index < -0.39 is 0 Å². The van der Waals surface area contributed by atoms with Gasteiger partial charge in [0.2, 0.25) is 11.8 Å². The molecule has 26 heavy (non-hydrogen) atoms. The Bertz CT molecular complexity index is 764. The molecule has 1 aromatic carbocycles. The molecule has 1 unspecified atom stereocenters. The summed E-state index contributed by atoms with van der Waals surface area (Å²) in [6.07, 6.45) is 2.76. The smallest absolute Gasteiger partial charge is 0.233 e. The van der Waals surface area contributed by atoms with E-state index in [-0.39, 0.29) is 24.2 Å². The number of nitrogens with zero attached hydrogens (tertiary/aromatic N) is 3. The summed E-state index contributed by atoms with van der Waals surface area (Å²) in [6.45, 7) is 3.58. The molecule has 1 aliphatic heterocycles. The fourth-order valence-electron chi connectivity index (χ4n) is 3.24. The molecule has 0 N–H and O–H groups in total. The summed E-state index contributed by atoms with van der Waals surface area (Å²) >= 11 is 3.35. The molecule has 1 saturated heterocycles. The number of hydrogen-bond acceptors (Lipinski definition) is 3. The van der Waals surface area contributed by atoms with Crippen LogP contribution in [0.1, 0.15) is 18.9 Å². The van der Waals surface area contributed by atoms with E-state index >= 15 is 0 Å². The van der Waals surface area contributed by atoms with Crippen LogP contribution in [0.2, 0.25) is 0 Å². The highest BCUT2D eigenvalue weighted by Gasteiger charge is 2.36. The van der Waals surface area contributed by atoms with Crippen LogP contribution in [0.5, 0.6) is 0 Å². The summed E-state index contributed by atoms with van der Waals surface area (Å²) in [5.74, 6) is 0.344. The van der Waals surface area contributed by atoms with Crippen LogP contribution in [0, 0.1) is 5.92 Å². The quantitative estimate of drug-likeness (QED) is 0.727. The number of halogens is 1. The van der Waals surface area contributed by atoms with E-state index in [0.29, 0.717) is 25.5 Å². The Kier molecular flexibility index (Phi) is 6.04. The summed E-state index contributed by atoms with van der Waals surface area (Å²) < 4.78 is 0.868. The zero-order valence-electron chi connectivity index (χ0n) is 14.8. The number of rotatable bonds is 6. The molecule has 2 aromatic rings. The van der Waals surface area contributed by atoms with Gasteiger partial charge >= 0.3 is 0 Å². The number of anilines is 1. The van der Waals surface area contributed by atoms with Crippen molar-refractivity contribution in [1.82, 2.24) is 9.88 Å². The number of carbonyl (C=O) groups excluding carboxylic acids is 2. The van der Waals surface area contributed by atoms with Crippen LogP contribution in [0.3, 0.4) is 0 Å². The second kappa shape index (κ2) is 8.45. The zero-order valence-corrected chi connectivity index (χ0v) is 16.4. The maximum atomic E-state index is 12.9. The molecule has 2 heterocycles. The van der Waals surface area contributed by atoms with E-state index in [2.05, 4.69) is 33.0 Å². The van der Waals surface area contributed by atoms with Crippen LogP contribution in [0.25, 0.3) is 0 Å². The molecule has 0 radical (unpaired) electrons. The third kappa shape index (κ3) is 4.30. The number of likely N-dealkylation sites (tertiary alicyclic amines) is 1. The Hall–Kier alpha value is -2.21. The number of benzene rings is 1. The number of carbonyl (C=O) groups is 2. The summed E-state index contributed by atoms with van der Waals surface area (Å²) in [6, 6.07) is 13.8. The van der Waals surface area contributed by atoms with Gasteiger partial charge in [-0.2, -0.15) is 0 Å².